The molecule has 1 aliphatic carbocycles. The van der Waals surface area contributed by atoms with Crippen LogP contribution < -0.4 is 10.5 Å². The number of amides is 2. The summed E-state index contributed by atoms with van der Waals surface area (Å²) < 4.78 is 56.3. The van der Waals surface area contributed by atoms with Gasteiger partial charge >= 0.3 is 12.3 Å². The van der Waals surface area contributed by atoms with Crippen molar-refractivity contribution < 1.29 is 36.7 Å². The number of rotatable bonds is 5. The van der Waals surface area contributed by atoms with Crippen LogP contribution >= 0.6 is 0 Å². The van der Waals surface area contributed by atoms with E-state index in [0.29, 0.717) is 24.0 Å². The van der Waals surface area contributed by atoms with Gasteiger partial charge in [0.25, 0.3) is 5.91 Å². The number of oxazole rings is 1. The van der Waals surface area contributed by atoms with Crippen molar-refractivity contribution in [1.29, 1.82) is 0 Å². The van der Waals surface area contributed by atoms with Gasteiger partial charge in [0, 0.05) is 37.1 Å². The van der Waals surface area contributed by atoms with Crippen molar-refractivity contribution in [2.75, 3.05) is 33.3 Å². The van der Waals surface area contributed by atoms with Gasteiger partial charge in [-0.1, -0.05) is 0 Å². The van der Waals surface area contributed by atoms with Crippen LogP contribution in [0.1, 0.15) is 41.7 Å². The number of nitrogens with zero attached hydrogens (tertiary/aromatic N) is 4. The van der Waals surface area contributed by atoms with Crippen molar-refractivity contribution in [2.45, 2.75) is 38.1 Å². The zero-order chi connectivity index (χ0) is 27.2. The predicted octanol–water partition coefficient (Wildman–Crippen LogP) is 3.82. The molecule has 3 aromatic rings. The van der Waals surface area contributed by atoms with E-state index in [2.05, 4.69) is 9.97 Å². The van der Waals surface area contributed by atoms with E-state index in [-0.39, 0.29) is 53.8 Å². The maximum absolute atomic E-state index is 13.3. The summed E-state index contributed by atoms with van der Waals surface area (Å²) in [6.07, 6.45) is -3.34. The molecule has 5 rings (SSSR count). The molecule has 202 valence electrons. The third-order valence-corrected chi connectivity index (χ3v) is 6.76. The fourth-order valence-electron chi connectivity index (χ4n) is 4.27. The molecule has 3 heterocycles. The highest BCUT2D eigenvalue weighted by Crippen LogP contribution is 2.39. The van der Waals surface area contributed by atoms with Crippen LogP contribution in [0.5, 0.6) is 5.75 Å². The van der Waals surface area contributed by atoms with E-state index in [0.717, 1.165) is 18.9 Å². The van der Waals surface area contributed by atoms with E-state index in [1.54, 1.807) is 15.9 Å². The lowest BCUT2D eigenvalue weighted by molar-refractivity contribution is -0.140. The Morgan fingerprint density at radius 2 is 1.76 bits per heavy atom. The van der Waals surface area contributed by atoms with Gasteiger partial charge < -0.3 is 29.4 Å². The van der Waals surface area contributed by atoms with E-state index in [1.165, 1.54) is 19.2 Å². The lowest BCUT2D eigenvalue weighted by Crippen LogP contribution is -2.51. The standard InChI is InChI=1S/C25H26F3N5O5/c1-24(7-8-24)38-23(35)33-11-9-32(10-12-33)22(34)20-17(13-29)37-21(31-20)15-3-5-16(36-2)19-14(15)4-6-18(30-19)25(26,27)28/h3-6H,7-13,29H2,1-2H3. The first-order chi connectivity index (χ1) is 18.0. The SMILES string of the molecule is COc1ccc(-c2nc(C(=O)N3CCN(C(=O)OC4(C)CC4)CC3)c(CN)o2)c2ccc(C(F)(F)F)nc12. The molecule has 1 saturated carbocycles. The first-order valence-corrected chi connectivity index (χ1v) is 12.1. The summed E-state index contributed by atoms with van der Waals surface area (Å²) in [5.41, 5.74) is 4.69. The molecule has 2 fully saturated rings. The highest BCUT2D eigenvalue weighted by molar-refractivity contribution is 5.98. The van der Waals surface area contributed by atoms with Gasteiger partial charge in [0.15, 0.2) is 11.5 Å². The Balaban J connectivity index is 1.40. The van der Waals surface area contributed by atoms with E-state index < -0.39 is 23.9 Å². The zero-order valence-electron chi connectivity index (χ0n) is 20.8. The Kier molecular flexibility index (Phi) is 6.41. The smallest absolute Gasteiger partial charge is 0.433 e. The number of hydrogen-bond donors (Lipinski definition) is 1. The van der Waals surface area contributed by atoms with Gasteiger partial charge in [-0.15, -0.1) is 0 Å². The molecule has 2 aliphatic rings. The van der Waals surface area contributed by atoms with E-state index in [9.17, 15) is 22.8 Å². The summed E-state index contributed by atoms with van der Waals surface area (Å²) in [6, 6.07) is 5.15. The highest BCUT2D eigenvalue weighted by atomic mass is 19.4. The number of methoxy groups -OCH3 is 1. The van der Waals surface area contributed by atoms with Gasteiger partial charge in [-0.3, -0.25) is 4.79 Å². The molecule has 1 aliphatic heterocycles. The van der Waals surface area contributed by atoms with Crippen molar-refractivity contribution in [2.24, 2.45) is 5.73 Å². The molecule has 0 unspecified atom stereocenters. The monoisotopic (exact) mass is 533 g/mol. The Morgan fingerprint density at radius 3 is 2.37 bits per heavy atom. The lowest BCUT2D eigenvalue weighted by atomic mass is 10.1. The van der Waals surface area contributed by atoms with Crippen LogP contribution in [-0.2, 0) is 17.5 Å². The molecule has 1 saturated heterocycles. The number of aromatic nitrogens is 2. The average Bonchev–Trinajstić information content (AvgIpc) is 3.47. The van der Waals surface area contributed by atoms with Crippen molar-refractivity contribution in [3.05, 3.63) is 41.4 Å². The lowest BCUT2D eigenvalue weighted by Gasteiger charge is -2.34. The second kappa shape index (κ2) is 9.46. The normalized spacial score (nSPS) is 17.0. The van der Waals surface area contributed by atoms with Crippen LogP contribution in [0.4, 0.5) is 18.0 Å². The van der Waals surface area contributed by atoms with Gasteiger partial charge in [-0.05, 0) is 44.0 Å². The van der Waals surface area contributed by atoms with Crippen molar-refractivity contribution >= 4 is 22.9 Å². The second-order valence-electron chi connectivity index (χ2n) is 9.50. The number of halogens is 3. The van der Waals surface area contributed by atoms with Crippen molar-refractivity contribution in [1.82, 2.24) is 19.8 Å². The highest BCUT2D eigenvalue weighted by Gasteiger charge is 2.43. The molecule has 2 amide bonds. The molecule has 10 nitrogen and oxygen atoms in total. The summed E-state index contributed by atoms with van der Waals surface area (Å²) >= 11 is 0. The molecule has 0 bridgehead atoms. The third-order valence-electron chi connectivity index (χ3n) is 6.76. The number of carbonyl (C=O) groups excluding carboxylic acids is 2. The number of benzene rings is 1. The molecule has 1 aromatic carbocycles. The molecule has 13 heteroatoms. The van der Waals surface area contributed by atoms with Crippen molar-refractivity contribution in [3.8, 4) is 17.2 Å². The Morgan fingerprint density at radius 1 is 1.08 bits per heavy atom. The molecule has 2 aromatic heterocycles. The minimum absolute atomic E-state index is 0.00727. The van der Waals surface area contributed by atoms with Crippen LogP contribution in [-0.4, -0.2) is 70.7 Å². The quantitative estimate of drug-likeness (QED) is 0.525. The van der Waals surface area contributed by atoms with Crippen LogP contribution in [0.15, 0.2) is 28.7 Å². The summed E-state index contributed by atoms with van der Waals surface area (Å²) in [7, 11) is 1.33. The number of ether oxygens (including phenoxy) is 2. The van der Waals surface area contributed by atoms with Crippen LogP contribution in [0.3, 0.4) is 0 Å². The number of fused-ring (bicyclic) bond motifs is 1. The van der Waals surface area contributed by atoms with E-state index in [1.807, 2.05) is 6.92 Å². The van der Waals surface area contributed by atoms with Gasteiger partial charge in [0.2, 0.25) is 5.89 Å². The minimum Gasteiger partial charge on any atom is -0.494 e. The largest absolute Gasteiger partial charge is 0.494 e. The van der Waals surface area contributed by atoms with Crippen LogP contribution in [0.2, 0.25) is 0 Å². The van der Waals surface area contributed by atoms with E-state index >= 15 is 0 Å². The van der Waals surface area contributed by atoms with Gasteiger partial charge in [-0.25, -0.2) is 14.8 Å². The summed E-state index contributed by atoms with van der Waals surface area (Å²) in [5.74, 6) is -0.123. The maximum atomic E-state index is 13.3. The number of pyridine rings is 1. The second-order valence-corrected chi connectivity index (χ2v) is 9.50. The first kappa shape index (κ1) is 25.8. The average molecular weight is 534 g/mol. The fourth-order valence-corrected chi connectivity index (χ4v) is 4.27. The van der Waals surface area contributed by atoms with Gasteiger partial charge in [0.05, 0.1) is 13.7 Å². The van der Waals surface area contributed by atoms with Crippen LogP contribution in [0, 0.1) is 0 Å². The Hall–Kier alpha value is -3.87. The Labute approximate surface area is 215 Å². The summed E-state index contributed by atoms with van der Waals surface area (Å²) in [5, 5.41) is 0.303. The number of alkyl halides is 3. The molecule has 0 atom stereocenters. The van der Waals surface area contributed by atoms with Crippen LogP contribution in [0.25, 0.3) is 22.4 Å². The third kappa shape index (κ3) is 4.85. The molecular formula is C25H26F3N5O5. The topological polar surface area (TPSA) is 124 Å². The molecule has 2 N–H and O–H groups in total. The fraction of sp³-hybridized carbons (Fsp3) is 0.440. The minimum atomic E-state index is -4.64. The van der Waals surface area contributed by atoms with Gasteiger partial charge in [-0.2, -0.15) is 13.2 Å². The predicted molar refractivity (Wildman–Crippen MR) is 128 cm³/mol. The first-order valence-electron chi connectivity index (χ1n) is 12.1. The summed E-state index contributed by atoms with van der Waals surface area (Å²) in [6.45, 7) is 2.92. The Bertz CT molecular complexity index is 1390. The molecule has 0 spiro atoms. The number of nitrogens with two attached hydrogens (primary N) is 1. The van der Waals surface area contributed by atoms with Crippen molar-refractivity contribution in [3.63, 3.8) is 0 Å². The number of piperazine rings is 1. The van der Waals surface area contributed by atoms with Gasteiger partial charge in [0.1, 0.15) is 22.6 Å². The molecule has 38 heavy (non-hydrogen) atoms. The molecular weight excluding hydrogens is 507 g/mol. The number of carbonyl (C=O) groups is 2. The zero-order valence-corrected chi connectivity index (χ0v) is 20.8. The van der Waals surface area contributed by atoms with E-state index in [4.69, 9.17) is 19.6 Å². The maximum Gasteiger partial charge on any atom is 0.433 e. The summed E-state index contributed by atoms with van der Waals surface area (Å²) in [4.78, 5) is 36.9. The number of hydrogen-bond acceptors (Lipinski definition) is 8. The molecule has 0 radical (unpaired) electrons.